The fraction of sp³-hybridized carbons (Fsp3) is 0.706. The number of amides is 1. The van der Waals surface area contributed by atoms with Crippen LogP contribution in [0.5, 0.6) is 0 Å². The second-order valence-corrected chi connectivity index (χ2v) is 8.97. The maximum absolute atomic E-state index is 12.4. The largest absolute Gasteiger partial charge is 0.465 e. The first-order valence-corrected chi connectivity index (χ1v) is 10.5. The predicted molar refractivity (Wildman–Crippen MR) is 95.9 cm³/mol. The van der Waals surface area contributed by atoms with Crippen molar-refractivity contribution in [2.24, 2.45) is 0 Å². The van der Waals surface area contributed by atoms with Gasteiger partial charge in [0.1, 0.15) is 16.5 Å². The Morgan fingerprint density at radius 3 is 2.62 bits per heavy atom. The molecular weight excluding hydrogens is 356 g/mol. The summed E-state index contributed by atoms with van der Waals surface area (Å²) in [6.45, 7) is 0.996. The number of nitrogens with zero attached hydrogens (tertiary/aromatic N) is 3. The second kappa shape index (κ2) is 6.77. The van der Waals surface area contributed by atoms with Crippen molar-refractivity contribution >= 4 is 22.7 Å². The van der Waals surface area contributed by atoms with Gasteiger partial charge in [0.15, 0.2) is 0 Å². The van der Waals surface area contributed by atoms with Gasteiger partial charge in [-0.15, -0.1) is 0 Å². The van der Waals surface area contributed by atoms with Crippen LogP contribution in [0.3, 0.4) is 0 Å². The number of hydrogen-bond donors (Lipinski definition) is 3. The molecule has 1 atom stereocenters. The number of aliphatic hydroxyl groups is 1. The van der Waals surface area contributed by atoms with Crippen molar-refractivity contribution in [1.82, 2.24) is 14.9 Å². The molecule has 1 aliphatic carbocycles. The Morgan fingerprint density at radius 1 is 1.31 bits per heavy atom. The predicted octanol–water partition coefficient (Wildman–Crippen LogP) is 1.32. The van der Waals surface area contributed by atoms with Crippen LogP contribution in [0.25, 0.3) is 0 Å². The lowest BCUT2D eigenvalue weighted by Gasteiger charge is -2.41. The topological polar surface area (TPSA) is 116 Å². The summed E-state index contributed by atoms with van der Waals surface area (Å²) in [7, 11) is -1.10. The van der Waals surface area contributed by atoms with Gasteiger partial charge in [0.05, 0.1) is 28.6 Å². The monoisotopic (exact) mass is 380 g/mol. The van der Waals surface area contributed by atoms with Gasteiger partial charge >= 0.3 is 6.09 Å². The van der Waals surface area contributed by atoms with Crippen molar-refractivity contribution in [2.75, 3.05) is 30.8 Å². The molecule has 0 aromatic carbocycles. The number of likely N-dealkylation sites (tertiary alicyclic amines) is 1. The van der Waals surface area contributed by atoms with Gasteiger partial charge in [-0.1, -0.05) is 0 Å². The summed E-state index contributed by atoms with van der Waals surface area (Å²) in [5.74, 6) is 1.99. The summed E-state index contributed by atoms with van der Waals surface area (Å²) in [5, 5.41) is 22.3. The van der Waals surface area contributed by atoms with Gasteiger partial charge in [0, 0.05) is 31.2 Å². The van der Waals surface area contributed by atoms with Gasteiger partial charge in [0.25, 0.3) is 0 Å². The number of fused-ring (bicyclic) bond motifs is 1. The molecule has 1 saturated heterocycles. The fourth-order valence-corrected chi connectivity index (χ4v) is 5.30. The lowest BCUT2D eigenvalue weighted by atomic mass is 9.77. The molecule has 2 fully saturated rings. The Hall–Kier alpha value is -1.74. The zero-order valence-corrected chi connectivity index (χ0v) is 15.4. The third kappa shape index (κ3) is 3.07. The number of nitrogens with one attached hydrogen (secondary N) is 1. The van der Waals surface area contributed by atoms with Crippen LogP contribution in [0, 0.1) is 0 Å². The third-order valence-electron chi connectivity index (χ3n) is 5.83. The van der Waals surface area contributed by atoms with Gasteiger partial charge in [0.2, 0.25) is 0 Å². The molecule has 1 aromatic heterocycles. The molecule has 0 bridgehead atoms. The van der Waals surface area contributed by atoms with E-state index in [9.17, 15) is 14.1 Å². The lowest BCUT2D eigenvalue weighted by molar-refractivity contribution is 0.131. The molecule has 1 unspecified atom stereocenters. The Morgan fingerprint density at radius 2 is 2.04 bits per heavy atom. The molecule has 0 radical (unpaired) electrons. The number of aliphatic hydroxyl groups excluding tert-OH is 1. The number of rotatable bonds is 4. The molecule has 3 N–H and O–H groups in total. The summed E-state index contributed by atoms with van der Waals surface area (Å²) >= 11 is 0. The van der Waals surface area contributed by atoms with Crippen LogP contribution in [0.4, 0.5) is 10.6 Å². The van der Waals surface area contributed by atoms with Crippen LogP contribution in [-0.4, -0.2) is 66.4 Å². The molecule has 0 spiro atoms. The van der Waals surface area contributed by atoms with Crippen molar-refractivity contribution in [3.05, 3.63) is 11.5 Å². The second-order valence-electron chi connectivity index (χ2n) is 7.47. The van der Waals surface area contributed by atoms with Gasteiger partial charge in [-0.05, 0) is 32.1 Å². The van der Waals surface area contributed by atoms with E-state index in [1.807, 2.05) is 0 Å². The van der Waals surface area contributed by atoms with E-state index in [1.54, 1.807) is 0 Å². The van der Waals surface area contributed by atoms with Crippen molar-refractivity contribution < 1.29 is 19.2 Å². The smallest absolute Gasteiger partial charge is 0.407 e. The van der Waals surface area contributed by atoms with Crippen LogP contribution in [0.15, 0.2) is 4.90 Å². The van der Waals surface area contributed by atoms with Crippen LogP contribution >= 0.6 is 0 Å². The molecule has 3 aliphatic rings. The van der Waals surface area contributed by atoms with Crippen molar-refractivity contribution in [3.8, 4) is 0 Å². The van der Waals surface area contributed by atoms with E-state index in [0.29, 0.717) is 54.6 Å². The first-order chi connectivity index (χ1) is 12.5. The molecular formula is C17H24N4O4S. The molecule has 26 heavy (non-hydrogen) atoms. The standard InChI is InChI=1S/C17H24N4O4S/c22-10-17(5-1-6-17)20-15-13-12(4-9-26(13)25)18-14(19-15)11-2-7-21(8-3-11)16(23)24/h11,22H,1-10H2,(H,23,24)(H,18,19,20). The molecule has 8 nitrogen and oxygen atoms in total. The number of anilines is 1. The third-order valence-corrected chi connectivity index (χ3v) is 7.29. The zero-order valence-electron chi connectivity index (χ0n) is 14.6. The lowest BCUT2D eigenvalue weighted by Crippen LogP contribution is -2.48. The average molecular weight is 380 g/mol. The zero-order chi connectivity index (χ0) is 18.3. The van der Waals surface area contributed by atoms with Crippen molar-refractivity contribution in [2.45, 2.75) is 54.9 Å². The Bertz CT molecular complexity index is 739. The minimum absolute atomic E-state index is 0.0325. The number of piperidine rings is 1. The Balaban J connectivity index is 1.62. The summed E-state index contributed by atoms with van der Waals surface area (Å²) in [6, 6.07) is 0. The summed E-state index contributed by atoms with van der Waals surface area (Å²) < 4.78 is 12.4. The van der Waals surface area contributed by atoms with Gasteiger partial charge in [-0.3, -0.25) is 4.21 Å². The Labute approximate surface area is 154 Å². The van der Waals surface area contributed by atoms with Crippen molar-refractivity contribution in [1.29, 1.82) is 0 Å². The summed E-state index contributed by atoms with van der Waals surface area (Å²) in [6.07, 6.45) is 3.99. The maximum Gasteiger partial charge on any atom is 0.407 e. The van der Waals surface area contributed by atoms with E-state index < -0.39 is 16.9 Å². The molecule has 1 saturated carbocycles. The van der Waals surface area contributed by atoms with E-state index in [0.717, 1.165) is 25.0 Å². The van der Waals surface area contributed by atoms with E-state index in [1.165, 1.54) is 4.90 Å². The molecule has 1 aromatic rings. The molecule has 3 heterocycles. The van der Waals surface area contributed by atoms with Gasteiger partial charge in [-0.25, -0.2) is 14.8 Å². The van der Waals surface area contributed by atoms with Gasteiger partial charge < -0.3 is 20.4 Å². The number of aryl methyl sites for hydroxylation is 1. The number of carboxylic acid groups (broad SMARTS) is 1. The average Bonchev–Trinajstić information content (AvgIpc) is 2.99. The minimum Gasteiger partial charge on any atom is -0.465 e. The van der Waals surface area contributed by atoms with Crippen LogP contribution in [0.2, 0.25) is 0 Å². The van der Waals surface area contributed by atoms with Gasteiger partial charge in [-0.2, -0.15) is 0 Å². The van der Waals surface area contributed by atoms with E-state index >= 15 is 0 Å². The fourth-order valence-electron chi connectivity index (χ4n) is 3.99. The van der Waals surface area contributed by atoms with E-state index in [4.69, 9.17) is 10.1 Å². The normalized spacial score (nSPS) is 24.8. The quantitative estimate of drug-likeness (QED) is 0.721. The summed E-state index contributed by atoms with van der Waals surface area (Å²) in [4.78, 5) is 22.6. The number of carbonyl (C=O) groups is 1. The van der Waals surface area contributed by atoms with Crippen LogP contribution in [-0.2, 0) is 17.2 Å². The highest BCUT2D eigenvalue weighted by Crippen LogP contribution is 2.38. The van der Waals surface area contributed by atoms with E-state index in [-0.39, 0.29) is 18.1 Å². The maximum atomic E-state index is 12.4. The summed E-state index contributed by atoms with van der Waals surface area (Å²) in [5.41, 5.74) is 0.475. The Kier molecular flexibility index (Phi) is 4.60. The van der Waals surface area contributed by atoms with E-state index in [2.05, 4.69) is 10.3 Å². The molecule has 9 heteroatoms. The number of hydrogen-bond acceptors (Lipinski definition) is 6. The highest BCUT2D eigenvalue weighted by molar-refractivity contribution is 7.85. The molecule has 142 valence electrons. The molecule has 2 aliphatic heterocycles. The molecule has 4 rings (SSSR count). The highest BCUT2D eigenvalue weighted by atomic mass is 32.2. The highest BCUT2D eigenvalue weighted by Gasteiger charge is 2.39. The number of aromatic nitrogens is 2. The minimum atomic E-state index is -1.10. The first-order valence-electron chi connectivity index (χ1n) is 9.17. The SMILES string of the molecule is O=C(O)N1CCC(c2nc3c(c(NC4(CO)CCC4)n2)S(=O)CC3)CC1. The first kappa shape index (κ1) is 17.7. The van der Waals surface area contributed by atoms with Crippen LogP contribution in [0.1, 0.15) is 49.5 Å². The molecule has 1 amide bonds. The van der Waals surface area contributed by atoms with Crippen LogP contribution < -0.4 is 5.32 Å². The van der Waals surface area contributed by atoms with Crippen molar-refractivity contribution in [3.63, 3.8) is 0 Å².